The number of benzene rings is 1. The van der Waals surface area contributed by atoms with Crippen LogP contribution in [0.2, 0.25) is 0 Å². The van der Waals surface area contributed by atoms with Crippen LogP contribution in [0.3, 0.4) is 0 Å². The van der Waals surface area contributed by atoms with Crippen molar-refractivity contribution in [3.63, 3.8) is 0 Å². The highest BCUT2D eigenvalue weighted by atomic mass is 19.4. The molecule has 0 saturated heterocycles. The molecule has 0 atom stereocenters. The second kappa shape index (κ2) is 5.23. The first kappa shape index (κ1) is 17.3. The van der Waals surface area contributed by atoms with Crippen molar-refractivity contribution >= 4 is 5.97 Å². The maximum absolute atomic E-state index is 12.6. The third kappa shape index (κ3) is 4.64. The fraction of sp³-hybridized carbons (Fsp3) is 0.462. The van der Waals surface area contributed by atoms with Crippen molar-refractivity contribution in [1.82, 2.24) is 0 Å². The summed E-state index contributed by atoms with van der Waals surface area (Å²) in [4.78, 5) is 11.6. The van der Waals surface area contributed by atoms with Gasteiger partial charge in [0.15, 0.2) is 0 Å². The molecule has 0 radical (unpaired) electrons. The van der Waals surface area contributed by atoms with Crippen LogP contribution in [0.4, 0.5) is 26.3 Å². The van der Waals surface area contributed by atoms with Crippen molar-refractivity contribution in [2.45, 2.75) is 33.1 Å². The lowest BCUT2D eigenvalue weighted by Crippen LogP contribution is -2.26. The summed E-state index contributed by atoms with van der Waals surface area (Å²) in [5, 5.41) is 0. The lowest BCUT2D eigenvalue weighted by atomic mass is 9.97. The molecule has 21 heavy (non-hydrogen) atoms. The zero-order valence-corrected chi connectivity index (χ0v) is 11.3. The molecule has 1 aromatic carbocycles. The predicted octanol–water partition coefficient (Wildman–Crippen LogP) is 4.68. The van der Waals surface area contributed by atoms with Crippen molar-refractivity contribution in [1.29, 1.82) is 0 Å². The Balaban J connectivity index is 3.30. The third-order valence-electron chi connectivity index (χ3n) is 2.38. The maximum atomic E-state index is 12.6. The average molecular weight is 314 g/mol. The second-order valence-electron chi connectivity index (χ2n) is 5.38. The summed E-state index contributed by atoms with van der Waals surface area (Å²) in [7, 11) is 0. The number of hydrogen-bond acceptors (Lipinski definition) is 2. The highest BCUT2D eigenvalue weighted by Crippen LogP contribution is 2.38. The first-order valence-electron chi connectivity index (χ1n) is 5.73. The molecular weight excluding hydrogens is 302 g/mol. The maximum Gasteiger partial charge on any atom is 0.416 e. The minimum Gasteiger partial charge on any atom is -0.426 e. The summed E-state index contributed by atoms with van der Waals surface area (Å²) in [6, 6.07) is 0.687. The zero-order chi connectivity index (χ0) is 16.6. The van der Waals surface area contributed by atoms with Gasteiger partial charge in [-0.15, -0.1) is 0 Å². The van der Waals surface area contributed by atoms with Gasteiger partial charge in [-0.05, 0) is 39.0 Å². The molecule has 0 aromatic heterocycles. The third-order valence-corrected chi connectivity index (χ3v) is 2.38. The Morgan fingerprint density at radius 3 is 1.52 bits per heavy atom. The van der Waals surface area contributed by atoms with Crippen molar-refractivity contribution in [2.75, 3.05) is 0 Å². The Kier molecular flexibility index (Phi) is 4.32. The molecule has 0 heterocycles. The van der Waals surface area contributed by atoms with Crippen LogP contribution in [0.1, 0.15) is 31.9 Å². The predicted molar refractivity (Wildman–Crippen MR) is 61.5 cm³/mol. The normalized spacial score (nSPS) is 13.2. The van der Waals surface area contributed by atoms with Crippen molar-refractivity contribution in [3.05, 3.63) is 29.3 Å². The van der Waals surface area contributed by atoms with Gasteiger partial charge >= 0.3 is 18.3 Å². The van der Waals surface area contributed by atoms with Crippen molar-refractivity contribution in [2.24, 2.45) is 5.41 Å². The molecule has 1 aromatic rings. The molecule has 8 heteroatoms. The molecule has 0 amide bonds. The number of halogens is 6. The number of alkyl halides is 6. The Morgan fingerprint density at radius 1 is 0.857 bits per heavy atom. The van der Waals surface area contributed by atoms with Crippen LogP contribution in [0.15, 0.2) is 18.2 Å². The molecule has 118 valence electrons. The quantitative estimate of drug-likeness (QED) is 0.427. The monoisotopic (exact) mass is 314 g/mol. The smallest absolute Gasteiger partial charge is 0.416 e. The van der Waals surface area contributed by atoms with Crippen molar-refractivity contribution in [3.8, 4) is 5.75 Å². The standard InChI is InChI=1S/C13H12F6O2/c1-11(2,3)10(20)21-9-5-7(12(14,15)16)4-8(6-9)13(17,18)19/h4-6H,1-3H3. The van der Waals surface area contributed by atoms with Crippen molar-refractivity contribution < 1.29 is 35.9 Å². The fourth-order valence-corrected chi connectivity index (χ4v) is 1.25. The second-order valence-corrected chi connectivity index (χ2v) is 5.38. The fourth-order valence-electron chi connectivity index (χ4n) is 1.25. The molecule has 0 spiro atoms. The van der Waals surface area contributed by atoms with Crippen LogP contribution in [0, 0.1) is 5.41 Å². The first-order valence-corrected chi connectivity index (χ1v) is 5.73. The van der Waals surface area contributed by atoms with Gasteiger partial charge in [-0.3, -0.25) is 4.79 Å². The largest absolute Gasteiger partial charge is 0.426 e. The molecule has 0 fully saturated rings. The van der Waals surface area contributed by atoms with E-state index in [4.69, 9.17) is 0 Å². The minimum absolute atomic E-state index is 0.0333. The molecule has 0 aliphatic rings. The van der Waals surface area contributed by atoms with E-state index in [0.29, 0.717) is 12.1 Å². The summed E-state index contributed by atoms with van der Waals surface area (Å²) in [6.45, 7) is 4.27. The highest BCUT2D eigenvalue weighted by Gasteiger charge is 2.37. The number of ether oxygens (including phenoxy) is 1. The van der Waals surface area contributed by atoms with E-state index in [1.807, 2.05) is 0 Å². The van der Waals surface area contributed by atoms with E-state index in [-0.39, 0.29) is 6.07 Å². The van der Waals surface area contributed by atoms with Crippen LogP contribution < -0.4 is 4.74 Å². The summed E-state index contributed by atoms with van der Waals surface area (Å²) in [5.74, 6) is -1.73. The van der Waals surface area contributed by atoms with Gasteiger partial charge in [0.1, 0.15) is 5.75 Å². The highest BCUT2D eigenvalue weighted by molar-refractivity contribution is 5.78. The van der Waals surface area contributed by atoms with Crippen LogP contribution >= 0.6 is 0 Å². The molecule has 2 nitrogen and oxygen atoms in total. The molecule has 0 aliphatic carbocycles. The molecule has 1 rings (SSSR count). The first-order chi connectivity index (χ1) is 9.21. The molecule has 0 N–H and O–H groups in total. The van der Waals surface area contributed by atoms with Gasteiger partial charge in [0.25, 0.3) is 0 Å². The summed E-state index contributed by atoms with van der Waals surface area (Å²) in [6.07, 6.45) is -9.96. The van der Waals surface area contributed by atoms with Crippen LogP contribution in [-0.4, -0.2) is 5.97 Å². The molecule has 0 aliphatic heterocycles. The van der Waals surface area contributed by atoms with E-state index < -0.39 is 40.6 Å². The molecule has 0 unspecified atom stereocenters. The number of rotatable bonds is 1. The Hall–Kier alpha value is -1.73. The van der Waals surface area contributed by atoms with Gasteiger partial charge < -0.3 is 4.74 Å². The number of carbonyl (C=O) groups is 1. The van der Waals surface area contributed by atoms with Gasteiger partial charge in [0, 0.05) is 0 Å². The van der Waals surface area contributed by atoms with E-state index >= 15 is 0 Å². The lowest BCUT2D eigenvalue weighted by molar-refractivity contribution is -0.146. The minimum atomic E-state index is -4.98. The number of hydrogen-bond donors (Lipinski definition) is 0. The van der Waals surface area contributed by atoms with E-state index in [0.717, 1.165) is 0 Å². The van der Waals surface area contributed by atoms with Gasteiger partial charge in [0.05, 0.1) is 16.5 Å². The topological polar surface area (TPSA) is 26.3 Å². The van der Waals surface area contributed by atoms with E-state index in [1.165, 1.54) is 20.8 Å². The van der Waals surface area contributed by atoms with E-state index in [2.05, 4.69) is 4.74 Å². The molecular formula is C13H12F6O2. The number of esters is 1. The van der Waals surface area contributed by atoms with Gasteiger partial charge in [-0.2, -0.15) is 26.3 Å². The Labute approximate surface area is 116 Å². The Morgan fingerprint density at radius 2 is 1.24 bits per heavy atom. The van der Waals surface area contributed by atoms with E-state index in [9.17, 15) is 31.1 Å². The van der Waals surface area contributed by atoms with Gasteiger partial charge in [-0.25, -0.2) is 0 Å². The summed E-state index contributed by atoms with van der Waals surface area (Å²) >= 11 is 0. The zero-order valence-electron chi connectivity index (χ0n) is 11.3. The van der Waals surface area contributed by atoms with E-state index in [1.54, 1.807) is 0 Å². The summed E-state index contributed by atoms with van der Waals surface area (Å²) in [5.41, 5.74) is -4.13. The van der Waals surface area contributed by atoms with Crippen LogP contribution in [-0.2, 0) is 17.1 Å². The number of carbonyl (C=O) groups excluding carboxylic acids is 1. The van der Waals surface area contributed by atoms with Crippen LogP contribution in [0.25, 0.3) is 0 Å². The average Bonchev–Trinajstić information content (AvgIpc) is 2.24. The molecule has 0 saturated carbocycles. The SMILES string of the molecule is CC(C)(C)C(=O)Oc1cc(C(F)(F)F)cc(C(F)(F)F)c1. The van der Waals surface area contributed by atoms with Crippen LogP contribution in [0.5, 0.6) is 5.75 Å². The van der Waals surface area contributed by atoms with Gasteiger partial charge in [0.2, 0.25) is 0 Å². The molecule has 0 bridgehead atoms. The summed E-state index contributed by atoms with van der Waals surface area (Å²) < 4.78 is 80.2. The lowest BCUT2D eigenvalue weighted by Gasteiger charge is -2.18. The Bertz CT molecular complexity index is 505. The van der Waals surface area contributed by atoms with Gasteiger partial charge in [-0.1, -0.05) is 0 Å².